The molecule has 0 aliphatic heterocycles. The summed E-state index contributed by atoms with van der Waals surface area (Å²) in [4.78, 5) is 0. The molecule has 0 saturated carbocycles. The lowest BCUT2D eigenvalue weighted by Crippen LogP contribution is -2.26. The van der Waals surface area contributed by atoms with E-state index >= 15 is 0 Å². The molecule has 0 fully saturated rings. The van der Waals surface area contributed by atoms with E-state index in [4.69, 9.17) is 5.73 Å². The molecule has 3 heteroatoms. The van der Waals surface area contributed by atoms with Gasteiger partial charge in [-0.3, -0.25) is 0 Å². The monoisotopic (exact) mass is 285 g/mol. The summed E-state index contributed by atoms with van der Waals surface area (Å²) in [6.45, 7) is 8.67. The molecule has 0 heterocycles. The Kier molecular flexibility index (Phi) is 8.31. The Bertz CT molecular complexity index is 348. The molecule has 0 aliphatic rings. The van der Waals surface area contributed by atoms with Gasteiger partial charge in [-0.2, -0.15) is 0 Å². The summed E-state index contributed by atoms with van der Waals surface area (Å²) in [7, 11) is 0. The van der Waals surface area contributed by atoms with Crippen LogP contribution in [0.1, 0.15) is 63.6 Å². The molecule has 0 aromatic heterocycles. The lowest BCUT2D eigenvalue weighted by atomic mass is 9.94. The minimum Gasteiger partial charge on any atom is -0.391 e. The molecule has 1 aromatic carbocycles. The van der Waals surface area contributed by atoms with Crippen molar-refractivity contribution >= 4 is 12.4 Å². The maximum absolute atomic E-state index is 10.1. The molecule has 0 spiro atoms. The number of hydrogen-bond acceptors (Lipinski definition) is 2. The van der Waals surface area contributed by atoms with E-state index in [1.165, 1.54) is 5.56 Å². The van der Waals surface area contributed by atoms with Crippen LogP contribution in [-0.4, -0.2) is 11.2 Å². The first-order valence-electron chi connectivity index (χ1n) is 6.95. The van der Waals surface area contributed by atoms with Gasteiger partial charge >= 0.3 is 0 Å². The van der Waals surface area contributed by atoms with Crippen LogP contribution >= 0.6 is 12.4 Å². The summed E-state index contributed by atoms with van der Waals surface area (Å²) in [5.74, 6) is 1.14. The Morgan fingerprint density at radius 3 is 1.84 bits per heavy atom. The van der Waals surface area contributed by atoms with Gasteiger partial charge in [0.15, 0.2) is 0 Å². The molecular weight excluding hydrogens is 258 g/mol. The van der Waals surface area contributed by atoms with Gasteiger partial charge < -0.3 is 10.8 Å². The lowest BCUT2D eigenvalue weighted by molar-refractivity contribution is 0.128. The molecule has 110 valence electrons. The molecule has 0 bridgehead atoms. The van der Waals surface area contributed by atoms with Crippen molar-refractivity contribution in [3.05, 3.63) is 35.4 Å². The Balaban J connectivity index is 0.00000324. The second-order valence-corrected chi connectivity index (χ2v) is 5.89. The number of hydrogen-bond donors (Lipinski definition) is 2. The van der Waals surface area contributed by atoms with Crippen molar-refractivity contribution in [1.29, 1.82) is 0 Å². The summed E-state index contributed by atoms with van der Waals surface area (Å²) in [6.07, 6.45) is 1.33. The number of rotatable bonds is 6. The average molecular weight is 286 g/mol. The first-order chi connectivity index (χ1) is 8.41. The van der Waals surface area contributed by atoms with Crippen molar-refractivity contribution < 1.29 is 5.11 Å². The molecule has 2 nitrogen and oxygen atoms in total. The van der Waals surface area contributed by atoms with Crippen molar-refractivity contribution in [1.82, 2.24) is 0 Å². The molecule has 3 N–H and O–H groups in total. The maximum atomic E-state index is 10.1. The van der Waals surface area contributed by atoms with Crippen molar-refractivity contribution in [2.24, 2.45) is 11.7 Å². The van der Waals surface area contributed by atoms with Gasteiger partial charge in [-0.1, -0.05) is 52.0 Å². The van der Waals surface area contributed by atoms with Crippen LogP contribution in [0.15, 0.2) is 24.3 Å². The fourth-order valence-corrected chi connectivity index (χ4v) is 2.01. The molecule has 19 heavy (non-hydrogen) atoms. The number of benzene rings is 1. The highest BCUT2D eigenvalue weighted by atomic mass is 35.5. The summed E-state index contributed by atoms with van der Waals surface area (Å²) in [6, 6.07) is 8.02. The predicted molar refractivity (Wildman–Crippen MR) is 84.8 cm³/mol. The molecule has 2 atom stereocenters. The minimum atomic E-state index is -0.447. The SMILES string of the molecule is CC(C)CC[C@@H](O)[C@@H](N)c1ccc(C(C)C)cc1.Cl. The lowest BCUT2D eigenvalue weighted by Gasteiger charge is -2.20. The molecular formula is C16H28ClNO. The average Bonchev–Trinajstić information content (AvgIpc) is 2.35. The zero-order chi connectivity index (χ0) is 13.7. The molecule has 0 saturated heterocycles. The Morgan fingerprint density at radius 1 is 0.947 bits per heavy atom. The third-order valence-corrected chi connectivity index (χ3v) is 3.44. The third kappa shape index (κ3) is 5.94. The van der Waals surface area contributed by atoms with Crippen LogP contribution in [-0.2, 0) is 0 Å². The highest BCUT2D eigenvalue weighted by Gasteiger charge is 2.17. The van der Waals surface area contributed by atoms with Crippen molar-refractivity contribution in [2.45, 2.75) is 58.6 Å². The standard InChI is InChI=1S/C16H27NO.ClH/c1-11(2)5-10-15(18)16(17)14-8-6-13(7-9-14)12(3)4;/h6-9,11-12,15-16,18H,5,10,17H2,1-4H3;1H/t15-,16+;/m1./s1. The second-order valence-electron chi connectivity index (χ2n) is 5.89. The molecule has 0 unspecified atom stereocenters. The van der Waals surface area contributed by atoms with E-state index < -0.39 is 6.10 Å². The highest BCUT2D eigenvalue weighted by Crippen LogP contribution is 2.22. The van der Waals surface area contributed by atoms with Crippen LogP contribution in [0, 0.1) is 5.92 Å². The van der Waals surface area contributed by atoms with Crippen LogP contribution in [0.5, 0.6) is 0 Å². The quantitative estimate of drug-likeness (QED) is 0.829. The first-order valence-corrected chi connectivity index (χ1v) is 6.95. The van der Waals surface area contributed by atoms with Gasteiger partial charge in [0.05, 0.1) is 12.1 Å². The van der Waals surface area contributed by atoms with Crippen molar-refractivity contribution in [2.75, 3.05) is 0 Å². The van der Waals surface area contributed by atoms with E-state index in [1.807, 2.05) is 12.1 Å². The van der Waals surface area contributed by atoms with E-state index in [0.717, 1.165) is 18.4 Å². The number of nitrogens with two attached hydrogens (primary N) is 1. The van der Waals surface area contributed by atoms with Crippen molar-refractivity contribution in [3.63, 3.8) is 0 Å². The fraction of sp³-hybridized carbons (Fsp3) is 0.625. The van der Waals surface area contributed by atoms with Gasteiger partial charge in [0.2, 0.25) is 0 Å². The Hall–Kier alpha value is -0.570. The summed E-state index contributed by atoms with van der Waals surface area (Å²) in [5.41, 5.74) is 8.43. The zero-order valence-electron chi connectivity index (χ0n) is 12.5. The third-order valence-electron chi connectivity index (χ3n) is 3.44. The van der Waals surface area contributed by atoms with E-state index in [0.29, 0.717) is 11.8 Å². The van der Waals surface area contributed by atoms with E-state index in [-0.39, 0.29) is 18.4 Å². The van der Waals surface area contributed by atoms with Gasteiger partial charge in [-0.15, -0.1) is 12.4 Å². The van der Waals surface area contributed by atoms with Crippen LogP contribution < -0.4 is 5.73 Å². The molecule has 0 aliphatic carbocycles. The van der Waals surface area contributed by atoms with Crippen LogP contribution in [0.3, 0.4) is 0 Å². The predicted octanol–water partition coefficient (Wildman–Crippen LogP) is 4.03. The zero-order valence-corrected chi connectivity index (χ0v) is 13.3. The summed E-state index contributed by atoms with van der Waals surface area (Å²) < 4.78 is 0. The normalized spacial score (nSPS) is 14.3. The van der Waals surface area contributed by atoms with Gasteiger partial charge in [-0.25, -0.2) is 0 Å². The van der Waals surface area contributed by atoms with Crippen molar-refractivity contribution in [3.8, 4) is 0 Å². The minimum absolute atomic E-state index is 0. The second kappa shape index (κ2) is 8.57. The van der Waals surface area contributed by atoms with Gasteiger partial charge in [0.25, 0.3) is 0 Å². The molecule has 0 amide bonds. The number of aliphatic hydroxyl groups excluding tert-OH is 1. The van der Waals surface area contributed by atoms with Gasteiger partial charge in [0, 0.05) is 0 Å². The summed E-state index contributed by atoms with van der Waals surface area (Å²) in [5, 5.41) is 10.1. The maximum Gasteiger partial charge on any atom is 0.0732 e. The van der Waals surface area contributed by atoms with Crippen LogP contribution in [0.25, 0.3) is 0 Å². The fourth-order valence-electron chi connectivity index (χ4n) is 2.01. The Morgan fingerprint density at radius 2 is 1.42 bits per heavy atom. The van der Waals surface area contributed by atoms with E-state index in [9.17, 15) is 5.11 Å². The van der Waals surface area contributed by atoms with Crippen LogP contribution in [0.4, 0.5) is 0 Å². The topological polar surface area (TPSA) is 46.2 Å². The molecule has 0 radical (unpaired) electrons. The molecule has 1 rings (SSSR count). The first kappa shape index (κ1) is 18.4. The number of aliphatic hydroxyl groups is 1. The summed E-state index contributed by atoms with van der Waals surface area (Å²) >= 11 is 0. The van der Waals surface area contributed by atoms with E-state index in [1.54, 1.807) is 0 Å². The van der Waals surface area contributed by atoms with Crippen LogP contribution in [0.2, 0.25) is 0 Å². The smallest absolute Gasteiger partial charge is 0.0732 e. The molecule has 1 aromatic rings. The highest BCUT2D eigenvalue weighted by molar-refractivity contribution is 5.85. The Labute approximate surface area is 123 Å². The number of halogens is 1. The van der Waals surface area contributed by atoms with E-state index in [2.05, 4.69) is 39.8 Å². The van der Waals surface area contributed by atoms with Gasteiger partial charge in [-0.05, 0) is 35.8 Å². The van der Waals surface area contributed by atoms with Gasteiger partial charge in [0.1, 0.15) is 0 Å². The largest absolute Gasteiger partial charge is 0.391 e.